The number of nitrogens with one attached hydrogen (secondary N) is 2. The minimum absolute atomic E-state index is 0.0146. The molecule has 11 heteroatoms. The molecule has 0 saturated heterocycles. The number of carbonyl (C=O) groups is 2. The van der Waals surface area contributed by atoms with Gasteiger partial charge in [0.2, 0.25) is 0 Å². The third-order valence-corrected chi connectivity index (χ3v) is 3.90. The van der Waals surface area contributed by atoms with Crippen LogP contribution in [0.4, 0.5) is 14.5 Å². The van der Waals surface area contributed by atoms with E-state index in [9.17, 15) is 28.0 Å². The zero-order chi connectivity index (χ0) is 19.8. The number of rotatable bonds is 8. The molecule has 1 heterocycles. The summed E-state index contributed by atoms with van der Waals surface area (Å²) >= 11 is 0.386. The van der Waals surface area contributed by atoms with Crippen molar-refractivity contribution >= 4 is 29.3 Å². The van der Waals surface area contributed by atoms with E-state index in [4.69, 9.17) is 4.74 Å². The molecule has 0 spiro atoms. The summed E-state index contributed by atoms with van der Waals surface area (Å²) in [5.41, 5.74) is -0.827. The highest BCUT2D eigenvalue weighted by atomic mass is 32.2. The van der Waals surface area contributed by atoms with Gasteiger partial charge in [-0.15, -0.1) is 0 Å². The van der Waals surface area contributed by atoms with Crippen molar-refractivity contribution in [3.63, 3.8) is 0 Å². The van der Waals surface area contributed by atoms with E-state index in [2.05, 4.69) is 5.32 Å². The van der Waals surface area contributed by atoms with E-state index in [-0.39, 0.29) is 13.0 Å². The predicted octanol–water partition coefficient (Wildman–Crippen LogP) is 1.42. The Labute approximate surface area is 155 Å². The largest absolute Gasteiger partial charge is 0.456 e. The van der Waals surface area contributed by atoms with Crippen LogP contribution >= 0.6 is 11.8 Å². The van der Waals surface area contributed by atoms with Crippen LogP contribution in [0.15, 0.2) is 51.0 Å². The SMILES string of the molecule is O=C(COC(=O)CCn1ccc(=O)[nH]c1=O)Nc1ccc(SC(F)F)cc1. The number of nitrogens with zero attached hydrogens (tertiary/aromatic N) is 1. The second-order valence-corrected chi connectivity index (χ2v) is 6.23. The maximum atomic E-state index is 12.2. The Kier molecular flexibility index (Phi) is 7.29. The Hall–Kier alpha value is -2.95. The lowest BCUT2D eigenvalue weighted by Crippen LogP contribution is -2.29. The zero-order valence-corrected chi connectivity index (χ0v) is 14.6. The molecule has 0 fully saturated rings. The van der Waals surface area contributed by atoms with Crippen molar-refractivity contribution in [2.45, 2.75) is 23.6 Å². The number of halogens is 2. The number of aromatic nitrogens is 2. The van der Waals surface area contributed by atoms with E-state index in [0.717, 1.165) is 10.6 Å². The average Bonchev–Trinajstić information content (AvgIpc) is 2.60. The molecule has 0 aliphatic heterocycles. The number of alkyl halides is 2. The predicted molar refractivity (Wildman–Crippen MR) is 93.8 cm³/mol. The Bertz CT molecular complexity index is 911. The maximum Gasteiger partial charge on any atom is 0.328 e. The van der Waals surface area contributed by atoms with Crippen molar-refractivity contribution in [3.05, 3.63) is 57.4 Å². The minimum atomic E-state index is -2.53. The quantitative estimate of drug-likeness (QED) is 0.513. The van der Waals surface area contributed by atoms with E-state index in [1.54, 1.807) is 0 Å². The molecule has 1 aromatic heterocycles. The van der Waals surface area contributed by atoms with Crippen molar-refractivity contribution < 1.29 is 23.1 Å². The Morgan fingerprint density at radius 1 is 1.19 bits per heavy atom. The van der Waals surface area contributed by atoms with Crippen LogP contribution in [0.1, 0.15) is 6.42 Å². The van der Waals surface area contributed by atoms with E-state index < -0.39 is 35.5 Å². The molecule has 1 aromatic carbocycles. The van der Waals surface area contributed by atoms with E-state index in [0.29, 0.717) is 22.3 Å². The standard InChI is InChI=1S/C16H15F2N3O5S/c17-15(18)27-11-3-1-10(2-4-11)19-13(23)9-26-14(24)6-8-21-7-5-12(22)20-16(21)25/h1-5,7,15H,6,8-9H2,(H,19,23)(H,20,22,25). The highest BCUT2D eigenvalue weighted by molar-refractivity contribution is 7.99. The van der Waals surface area contributed by atoms with E-state index in [1.807, 2.05) is 4.98 Å². The van der Waals surface area contributed by atoms with Gasteiger partial charge in [-0.1, -0.05) is 11.8 Å². The summed E-state index contributed by atoms with van der Waals surface area (Å²) in [4.78, 5) is 48.2. The Morgan fingerprint density at radius 2 is 1.89 bits per heavy atom. The normalized spacial score (nSPS) is 10.6. The van der Waals surface area contributed by atoms with Gasteiger partial charge < -0.3 is 14.6 Å². The number of amides is 1. The molecule has 8 nitrogen and oxygen atoms in total. The summed E-state index contributed by atoms with van der Waals surface area (Å²) in [6.45, 7) is -0.549. The minimum Gasteiger partial charge on any atom is -0.456 e. The fourth-order valence-electron chi connectivity index (χ4n) is 1.97. The molecule has 2 rings (SSSR count). The molecule has 0 aliphatic rings. The number of anilines is 1. The van der Waals surface area contributed by atoms with Gasteiger partial charge in [0.05, 0.1) is 6.42 Å². The van der Waals surface area contributed by atoms with Gasteiger partial charge >= 0.3 is 11.7 Å². The zero-order valence-electron chi connectivity index (χ0n) is 13.8. The molecular weight excluding hydrogens is 384 g/mol. The number of thioether (sulfide) groups is 1. The van der Waals surface area contributed by atoms with Crippen LogP contribution in [0.25, 0.3) is 0 Å². The molecule has 1 amide bonds. The fourth-order valence-corrected chi connectivity index (χ4v) is 2.47. The monoisotopic (exact) mass is 399 g/mol. The van der Waals surface area contributed by atoms with Crippen LogP contribution in [0.3, 0.4) is 0 Å². The molecule has 0 atom stereocenters. The second kappa shape index (κ2) is 9.67. The number of carbonyl (C=O) groups excluding carboxylic acids is 2. The van der Waals surface area contributed by atoms with Crippen molar-refractivity contribution in [2.75, 3.05) is 11.9 Å². The molecule has 2 N–H and O–H groups in total. The summed E-state index contributed by atoms with van der Waals surface area (Å²) in [7, 11) is 0. The molecule has 0 bridgehead atoms. The van der Waals surface area contributed by atoms with Gasteiger partial charge in [0.25, 0.3) is 17.2 Å². The number of aromatic amines is 1. The first kappa shape index (κ1) is 20.4. The lowest BCUT2D eigenvalue weighted by atomic mass is 10.3. The molecule has 0 saturated carbocycles. The van der Waals surface area contributed by atoms with Gasteiger partial charge in [-0.05, 0) is 24.3 Å². The van der Waals surface area contributed by atoms with Gasteiger partial charge in [-0.25, -0.2) is 4.79 Å². The van der Waals surface area contributed by atoms with Crippen LogP contribution < -0.4 is 16.6 Å². The summed E-state index contributed by atoms with van der Waals surface area (Å²) in [6.07, 6.45) is 1.08. The lowest BCUT2D eigenvalue weighted by molar-refractivity contribution is -0.147. The average molecular weight is 399 g/mol. The number of ether oxygens (including phenoxy) is 1. The van der Waals surface area contributed by atoms with Crippen LogP contribution in [0.2, 0.25) is 0 Å². The van der Waals surface area contributed by atoms with Gasteiger partial charge in [0.1, 0.15) is 0 Å². The number of hydrogen-bond acceptors (Lipinski definition) is 6. The number of hydrogen-bond donors (Lipinski definition) is 2. The van der Waals surface area contributed by atoms with Crippen molar-refractivity contribution in [2.24, 2.45) is 0 Å². The molecule has 144 valence electrons. The smallest absolute Gasteiger partial charge is 0.328 e. The van der Waals surface area contributed by atoms with Crippen LogP contribution in [0, 0.1) is 0 Å². The molecule has 0 unspecified atom stereocenters. The fraction of sp³-hybridized carbons (Fsp3) is 0.250. The molecule has 2 aromatic rings. The number of benzene rings is 1. The summed E-state index contributed by atoms with van der Waals surface area (Å²) in [6, 6.07) is 6.91. The highest BCUT2D eigenvalue weighted by Gasteiger charge is 2.10. The third-order valence-electron chi connectivity index (χ3n) is 3.18. The van der Waals surface area contributed by atoms with Crippen LogP contribution in [-0.4, -0.2) is 33.8 Å². The van der Waals surface area contributed by atoms with Crippen LogP contribution in [-0.2, 0) is 20.9 Å². The molecule has 0 radical (unpaired) electrons. The first-order valence-corrected chi connectivity index (χ1v) is 8.51. The van der Waals surface area contributed by atoms with Gasteiger partial charge in [0, 0.05) is 29.4 Å². The summed E-state index contributed by atoms with van der Waals surface area (Å²) in [5.74, 6) is -3.83. The van der Waals surface area contributed by atoms with Crippen molar-refractivity contribution in [1.29, 1.82) is 0 Å². The lowest BCUT2D eigenvalue weighted by Gasteiger charge is -2.08. The van der Waals surface area contributed by atoms with Gasteiger partial charge in [0.15, 0.2) is 6.61 Å². The maximum absolute atomic E-state index is 12.2. The highest BCUT2D eigenvalue weighted by Crippen LogP contribution is 2.26. The third kappa shape index (κ3) is 7.05. The number of aryl methyl sites for hydroxylation is 1. The Balaban J connectivity index is 1.75. The number of H-pyrrole nitrogens is 1. The second-order valence-electron chi connectivity index (χ2n) is 5.17. The van der Waals surface area contributed by atoms with Crippen molar-refractivity contribution in [1.82, 2.24) is 9.55 Å². The summed E-state index contributed by atoms with van der Waals surface area (Å²) < 4.78 is 30.4. The van der Waals surface area contributed by atoms with Gasteiger partial charge in [-0.3, -0.25) is 19.4 Å². The first-order valence-electron chi connectivity index (χ1n) is 7.63. The summed E-state index contributed by atoms with van der Waals surface area (Å²) in [5, 5.41) is 2.46. The molecular formula is C16H15F2N3O5S. The molecule has 27 heavy (non-hydrogen) atoms. The first-order chi connectivity index (χ1) is 12.8. The topological polar surface area (TPSA) is 110 Å². The Morgan fingerprint density at radius 3 is 2.52 bits per heavy atom. The van der Waals surface area contributed by atoms with Crippen LogP contribution in [0.5, 0.6) is 0 Å². The van der Waals surface area contributed by atoms with Gasteiger partial charge in [-0.2, -0.15) is 8.78 Å². The van der Waals surface area contributed by atoms with Crippen molar-refractivity contribution in [3.8, 4) is 0 Å². The molecule has 0 aliphatic carbocycles. The van der Waals surface area contributed by atoms with E-state index in [1.165, 1.54) is 30.5 Å². The number of esters is 1. The van der Waals surface area contributed by atoms with E-state index >= 15 is 0 Å².